The van der Waals surface area contributed by atoms with E-state index in [0.717, 1.165) is 12.4 Å². The van der Waals surface area contributed by atoms with Crippen LogP contribution in [0.25, 0.3) is 0 Å². The molecular weight excluding hydrogens is 210 g/mol. The summed E-state index contributed by atoms with van der Waals surface area (Å²) in [5, 5.41) is 0. The highest BCUT2D eigenvalue weighted by Gasteiger charge is 2.11. The molecule has 0 aliphatic rings. The van der Waals surface area contributed by atoms with Crippen molar-refractivity contribution in [3.63, 3.8) is 0 Å². The molecule has 1 atom stereocenters. The van der Waals surface area contributed by atoms with E-state index in [1.165, 1.54) is 0 Å². The molecule has 0 aliphatic heterocycles. The molecule has 1 heterocycles. The van der Waals surface area contributed by atoms with Crippen LogP contribution in [0.3, 0.4) is 0 Å². The van der Waals surface area contributed by atoms with Gasteiger partial charge in [0.15, 0.2) is 0 Å². The smallest absolute Gasteiger partial charge is 0.147 e. The third-order valence-corrected chi connectivity index (χ3v) is 1.94. The molecule has 1 unspecified atom stereocenters. The van der Waals surface area contributed by atoms with Gasteiger partial charge in [0, 0.05) is 11.6 Å². The molecule has 14 heavy (non-hydrogen) atoms. The second-order valence-electron chi connectivity index (χ2n) is 2.95. The van der Waals surface area contributed by atoms with Crippen LogP contribution >= 0.6 is 12.4 Å². The van der Waals surface area contributed by atoms with Gasteiger partial charge in [0.05, 0.1) is 12.4 Å². The zero-order valence-corrected chi connectivity index (χ0v) is 8.65. The first-order chi connectivity index (χ1) is 6.15. The third kappa shape index (κ3) is 3.20. The Balaban J connectivity index is 0.00000169. The second-order valence-corrected chi connectivity index (χ2v) is 2.95. The van der Waals surface area contributed by atoms with E-state index in [-0.39, 0.29) is 30.4 Å². The van der Waals surface area contributed by atoms with E-state index in [4.69, 9.17) is 5.73 Å². The predicted molar refractivity (Wildman–Crippen MR) is 53.4 cm³/mol. The Hall–Kier alpha value is -0.740. The van der Waals surface area contributed by atoms with Crippen LogP contribution in [0.2, 0.25) is 0 Å². The monoisotopic (exact) mass is 222 g/mol. The Labute approximate surface area is 87.9 Å². The van der Waals surface area contributed by atoms with Crippen LogP contribution in [-0.4, -0.2) is 11.0 Å². The number of hydrogen-bond acceptors (Lipinski definition) is 2. The van der Waals surface area contributed by atoms with Crippen LogP contribution in [0.15, 0.2) is 12.4 Å². The maximum absolute atomic E-state index is 13.0. The van der Waals surface area contributed by atoms with Crippen LogP contribution < -0.4 is 5.73 Å². The Morgan fingerprint density at radius 2 is 1.86 bits per heavy atom. The summed E-state index contributed by atoms with van der Waals surface area (Å²) in [6, 6.07) is -0.202. The number of aromatic nitrogens is 1. The molecule has 1 aromatic rings. The van der Waals surface area contributed by atoms with E-state index in [1.54, 1.807) is 0 Å². The summed E-state index contributed by atoms with van der Waals surface area (Å²) >= 11 is 0. The fourth-order valence-corrected chi connectivity index (χ4v) is 1.04. The van der Waals surface area contributed by atoms with E-state index < -0.39 is 11.6 Å². The summed E-state index contributed by atoms with van der Waals surface area (Å²) in [7, 11) is 0. The topological polar surface area (TPSA) is 38.9 Å². The molecule has 2 nitrogen and oxygen atoms in total. The molecule has 2 N–H and O–H groups in total. The maximum atomic E-state index is 13.0. The summed E-state index contributed by atoms with van der Waals surface area (Å²) in [5.74, 6) is -1.24. The van der Waals surface area contributed by atoms with Crippen molar-refractivity contribution >= 4 is 12.4 Å². The van der Waals surface area contributed by atoms with Crippen molar-refractivity contribution in [1.29, 1.82) is 0 Å². The lowest BCUT2D eigenvalue weighted by molar-refractivity contribution is 0.523. The molecule has 0 aromatic carbocycles. The molecule has 0 aliphatic carbocycles. The van der Waals surface area contributed by atoms with Gasteiger partial charge in [-0.25, -0.2) is 8.78 Å². The minimum atomic E-state index is -0.621. The standard InChI is InChI=1S/C9H12F2N2.ClH/c1-2-6(12)3-7-8(10)4-13-5-9(7)11;/h4-6H,2-3,12H2,1H3;1H. The summed E-state index contributed by atoms with van der Waals surface area (Å²) in [6.07, 6.45) is 2.92. The van der Waals surface area contributed by atoms with E-state index in [2.05, 4.69) is 4.98 Å². The van der Waals surface area contributed by atoms with Gasteiger partial charge in [-0.3, -0.25) is 4.98 Å². The molecule has 5 heteroatoms. The zero-order valence-electron chi connectivity index (χ0n) is 7.84. The highest BCUT2D eigenvalue weighted by molar-refractivity contribution is 5.85. The molecule has 0 fully saturated rings. The minimum Gasteiger partial charge on any atom is -0.327 e. The highest BCUT2D eigenvalue weighted by Crippen LogP contribution is 2.12. The largest absolute Gasteiger partial charge is 0.327 e. The lowest BCUT2D eigenvalue weighted by atomic mass is 10.1. The summed E-state index contributed by atoms with van der Waals surface area (Å²) in [6.45, 7) is 1.88. The van der Waals surface area contributed by atoms with Crippen molar-refractivity contribution in [3.05, 3.63) is 29.6 Å². The van der Waals surface area contributed by atoms with E-state index in [0.29, 0.717) is 6.42 Å². The Morgan fingerprint density at radius 3 is 2.29 bits per heavy atom. The van der Waals surface area contributed by atoms with Gasteiger partial charge >= 0.3 is 0 Å². The summed E-state index contributed by atoms with van der Waals surface area (Å²) in [4.78, 5) is 3.39. The second kappa shape index (κ2) is 5.88. The number of hydrogen-bond donors (Lipinski definition) is 1. The fourth-order valence-electron chi connectivity index (χ4n) is 1.04. The SMILES string of the molecule is CCC(N)Cc1c(F)cncc1F.Cl. The molecule has 0 amide bonds. The van der Waals surface area contributed by atoms with Gasteiger partial charge in [0.2, 0.25) is 0 Å². The van der Waals surface area contributed by atoms with Gasteiger partial charge in [0.1, 0.15) is 11.6 Å². The van der Waals surface area contributed by atoms with Crippen LogP contribution in [0.1, 0.15) is 18.9 Å². The number of pyridine rings is 1. The van der Waals surface area contributed by atoms with Crippen molar-refractivity contribution in [2.75, 3.05) is 0 Å². The zero-order chi connectivity index (χ0) is 9.84. The van der Waals surface area contributed by atoms with E-state index in [9.17, 15) is 8.78 Å². The van der Waals surface area contributed by atoms with Crippen molar-refractivity contribution < 1.29 is 8.78 Å². The fraction of sp³-hybridized carbons (Fsp3) is 0.444. The van der Waals surface area contributed by atoms with Crippen molar-refractivity contribution in [2.24, 2.45) is 5.73 Å². The molecule has 0 spiro atoms. The molecule has 1 aromatic heterocycles. The van der Waals surface area contributed by atoms with Gasteiger partial charge in [0.25, 0.3) is 0 Å². The molecule has 80 valence electrons. The van der Waals surface area contributed by atoms with Crippen LogP contribution in [0, 0.1) is 11.6 Å². The lowest BCUT2D eigenvalue weighted by Crippen LogP contribution is -2.22. The van der Waals surface area contributed by atoms with Gasteiger partial charge in [-0.05, 0) is 12.8 Å². The average molecular weight is 223 g/mol. The summed E-state index contributed by atoms with van der Waals surface area (Å²) < 4.78 is 26.0. The van der Waals surface area contributed by atoms with Gasteiger partial charge in [-0.2, -0.15) is 0 Å². The van der Waals surface area contributed by atoms with Crippen LogP contribution in [-0.2, 0) is 6.42 Å². The van der Waals surface area contributed by atoms with Gasteiger partial charge < -0.3 is 5.73 Å². The lowest BCUT2D eigenvalue weighted by Gasteiger charge is -2.09. The number of halogens is 3. The Kier molecular flexibility index (Phi) is 5.57. The van der Waals surface area contributed by atoms with Gasteiger partial charge in [-0.1, -0.05) is 6.92 Å². The molecule has 0 radical (unpaired) electrons. The minimum absolute atomic E-state index is 0. The normalized spacial score (nSPS) is 12.0. The van der Waals surface area contributed by atoms with E-state index >= 15 is 0 Å². The van der Waals surface area contributed by atoms with Gasteiger partial charge in [-0.15, -0.1) is 12.4 Å². The molecule has 0 bridgehead atoms. The molecule has 0 saturated heterocycles. The first kappa shape index (κ1) is 13.3. The predicted octanol–water partition coefficient (Wildman–Crippen LogP) is 2.06. The quantitative estimate of drug-likeness (QED) is 0.850. The van der Waals surface area contributed by atoms with Crippen molar-refractivity contribution in [1.82, 2.24) is 4.98 Å². The van der Waals surface area contributed by atoms with Crippen LogP contribution in [0.4, 0.5) is 8.78 Å². The number of nitrogens with zero attached hydrogens (tertiary/aromatic N) is 1. The number of rotatable bonds is 3. The maximum Gasteiger partial charge on any atom is 0.147 e. The van der Waals surface area contributed by atoms with Crippen molar-refractivity contribution in [2.45, 2.75) is 25.8 Å². The van der Waals surface area contributed by atoms with Crippen molar-refractivity contribution in [3.8, 4) is 0 Å². The van der Waals surface area contributed by atoms with Crippen LogP contribution in [0.5, 0.6) is 0 Å². The average Bonchev–Trinajstić information content (AvgIpc) is 2.11. The number of nitrogens with two attached hydrogens (primary N) is 1. The highest BCUT2D eigenvalue weighted by atomic mass is 35.5. The molecule has 0 saturated carbocycles. The Morgan fingerprint density at radius 1 is 1.36 bits per heavy atom. The Bertz CT molecular complexity index is 274. The summed E-state index contributed by atoms with van der Waals surface area (Å²) in [5.41, 5.74) is 5.62. The van der Waals surface area contributed by atoms with E-state index in [1.807, 2.05) is 6.92 Å². The first-order valence-electron chi connectivity index (χ1n) is 4.18. The third-order valence-electron chi connectivity index (χ3n) is 1.94. The first-order valence-corrected chi connectivity index (χ1v) is 4.18. The molecule has 1 rings (SSSR count). The molecular formula is C9H13ClF2N2.